The van der Waals surface area contributed by atoms with Crippen LogP contribution in [0.25, 0.3) is 0 Å². The Morgan fingerprint density at radius 3 is 2.29 bits per heavy atom. The van der Waals surface area contributed by atoms with Gasteiger partial charge in [0.2, 0.25) is 0 Å². The molecule has 0 unspecified atom stereocenters. The average molecular weight is 335 g/mol. The van der Waals surface area contributed by atoms with E-state index >= 15 is 0 Å². The van der Waals surface area contributed by atoms with E-state index in [9.17, 15) is 4.79 Å². The van der Waals surface area contributed by atoms with Crippen molar-refractivity contribution in [2.24, 2.45) is 5.73 Å². The van der Waals surface area contributed by atoms with Gasteiger partial charge < -0.3 is 27.0 Å². The maximum absolute atomic E-state index is 12.0. The third-order valence-corrected chi connectivity index (χ3v) is 3.74. The molecule has 0 aromatic heterocycles. The second-order valence-electron chi connectivity index (χ2n) is 5.79. The third-order valence-electron chi connectivity index (χ3n) is 3.74. The summed E-state index contributed by atoms with van der Waals surface area (Å²) in [4.78, 5) is 12.0. The van der Waals surface area contributed by atoms with Crippen molar-refractivity contribution in [3.8, 4) is 0 Å². The number of benzene rings is 1. The van der Waals surface area contributed by atoms with Crippen LogP contribution in [-0.2, 0) is 0 Å². The van der Waals surface area contributed by atoms with Crippen LogP contribution in [0.3, 0.4) is 0 Å². The molecular weight excluding hydrogens is 302 g/mol. The molecule has 0 aliphatic heterocycles. The molecule has 24 heavy (non-hydrogen) atoms. The summed E-state index contributed by atoms with van der Waals surface area (Å²) < 4.78 is 0. The van der Waals surface area contributed by atoms with Crippen molar-refractivity contribution in [3.63, 3.8) is 0 Å². The molecule has 6 nitrogen and oxygen atoms in total. The topological polar surface area (TPSA) is 91.2 Å². The standard InChI is InChI=1S/C18H33N5O/c1-20-17-8-4-7-16(15-17)18(24)23-14-6-13-22-11-3-2-10-21-12-5-9-19/h4,7-8,15,20-22H,2-3,5-6,9-14,19H2,1H3,(H,23,24). The fourth-order valence-corrected chi connectivity index (χ4v) is 2.31. The van der Waals surface area contributed by atoms with Crippen LogP contribution < -0.4 is 27.0 Å². The van der Waals surface area contributed by atoms with Gasteiger partial charge in [-0.3, -0.25) is 4.79 Å². The van der Waals surface area contributed by atoms with E-state index in [0.29, 0.717) is 12.1 Å². The molecule has 1 rings (SSSR count). The summed E-state index contributed by atoms with van der Waals surface area (Å²) in [7, 11) is 1.85. The number of rotatable bonds is 14. The van der Waals surface area contributed by atoms with Crippen LogP contribution in [-0.4, -0.2) is 52.2 Å². The Kier molecular flexibility index (Phi) is 11.7. The Hall–Kier alpha value is -1.63. The molecule has 0 heterocycles. The molecule has 1 aromatic carbocycles. The highest BCUT2D eigenvalue weighted by atomic mass is 16.1. The van der Waals surface area contributed by atoms with Gasteiger partial charge in [0.05, 0.1) is 0 Å². The van der Waals surface area contributed by atoms with Crippen molar-refractivity contribution >= 4 is 11.6 Å². The smallest absolute Gasteiger partial charge is 0.251 e. The van der Waals surface area contributed by atoms with Crippen LogP contribution in [0.1, 0.15) is 36.0 Å². The molecule has 0 spiro atoms. The Balaban J connectivity index is 1.95. The van der Waals surface area contributed by atoms with Gasteiger partial charge in [-0.1, -0.05) is 6.07 Å². The van der Waals surface area contributed by atoms with Crippen molar-refractivity contribution in [1.29, 1.82) is 0 Å². The van der Waals surface area contributed by atoms with Gasteiger partial charge in [0.1, 0.15) is 0 Å². The van der Waals surface area contributed by atoms with Gasteiger partial charge in [-0.15, -0.1) is 0 Å². The summed E-state index contributed by atoms with van der Waals surface area (Å²) in [5, 5.41) is 12.8. The molecule has 0 bridgehead atoms. The molecule has 0 atom stereocenters. The normalized spacial score (nSPS) is 10.6. The molecular formula is C18H33N5O. The van der Waals surface area contributed by atoms with Gasteiger partial charge >= 0.3 is 0 Å². The fraction of sp³-hybridized carbons (Fsp3) is 0.611. The minimum atomic E-state index is -0.0179. The molecule has 6 N–H and O–H groups in total. The second kappa shape index (κ2) is 13.8. The van der Waals surface area contributed by atoms with Crippen LogP contribution >= 0.6 is 0 Å². The van der Waals surface area contributed by atoms with Crippen LogP contribution in [0.2, 0.25) is 0 Å². The molecule has 136 valence electrons. The van der Waals surface area contributed by atoms with Crippen LogP contribution in [0, 0.1) is 0 Å². The van der Waals surface area contributed by atoms with Crippen molar-refractivity contribution in [1.82, 2.24) is 16.0 Å². The largest absolute Gasteiger partial charge is 0.388 e. The first-order valence-corrected chi connectivity index (χ1v) is 8.95. The third kappa shape index (κ3) is 9.50. The summed E-state index contributed by atoms with van der Waals surface area (Å²) >= 11 is 0. The van der Waals surface area contributed by atoms with Gasteiger partial charge in [0.25, 0.3) is 5.91 Å². The Morgan fingerprint density at radius 2 is 1.62 bits per heavy atom. The number of hydrogen-bond donors (Lipinski definition) is 5. The van der Waals surface area contributed by atoms with Gasteiger partial charge in [0, 0.05) is 24.8 Å². The van der Waals surface area contributed by atoms with Gasteiger partial charge in [-0.05, 0) is 76.6 Å². The lowest BCUT2D eigenvalue weighted by molar-refractivity contribution is 0.0953. The number of unbranched alkanes of at least 4 members (excludes halogenated alkanes) is 1. The maximum atomic E-state index is 12.0. The number of carbonyl (C=O) groups excluding carboxylic acids is 1. The van der Waals surface area contributed by atoms with E-state index in [4.69, 9.17) is 5.73 Å². The van der Waals surface area contributed by atoms with E-state index < -0.39 is 0 Å². The Morgan fingerprint density at radius 1 is 0.958 bits per heavy atom. The quantitative estimate of drug-likeness (QED) is 0.329. The van der Waals surface area contributed by atoms with E-state index in [1.807, 2.05) is 31.3 Å². The van der Waals surface area contributed by atoms with Gasteiger partial charge in [-0.2, -0.15) is 0 Å². The number of amides is 1. The molecule has 6 heteroatoms. The molecule has 0 aliphatic carbocycles. The summed E-state index contributed by atoms with van der Waals surface area (Å²) in [5.41, 5.74) is 7.07. The van der Waals surface area contributed by atoms with E-state index in [2.05, 4.69) is 21.3 Å². The number of anilines is 1. The van der Waals surface area contributed by atoms with E-state index in [0.717, 1.165) is 51.3 Å². The maximum Gasteiger partial charge on any atom is 0.251 e. The van der Waals surface area contributed by atoms with Crippen LogP contribution in [0.15, 0.2) is 24.3 Å². The number of carbonyl (C=O) groups is 1. The zero-order valence-electron chi connectivity index (χ0n) is 14.9. The molecule has 0 saturated heterocycles. The first kappa shape index (κ1) is 20.4. The molecule has 1 amide bonds. The summed E-state index contributed by atoms with van der Waals surface area (Å²) in [6, 6.07) is 7.51. The Bertz CT molecular complexity index is 453. The van der Waals surface area contributed by atoms with E-state index in [-0.39, 0.29) is 5.91 Å². The summed E-state index contributed by atoms with van der Waals surface area (Å²) in [6.07, 6.45) is 4.32. The lowest BCUT2D eigenvalue weighted by Crippen LogP contribution is -2.28. The number of hydrogen-bond acceptors (Lipinski definition) is 5. The highest BCUT2D eigenvalue weighted by Crippen LogP contribution is 2.09. The fourth-order valence-electron chi connectivity index (χ4n) is 2.31. The minimum Gasteiger partial charge on any atom is -0.388 e. The van der Waals surface area contributed by atoms with E-state index in [1.54, 1.807) is 0 Å². The first-order chi connectivity index (χ1) is 11.8. The van der Waals surface area contributed by atoms with Crippen molar-refractivity contribution in [3.05, 3.63) is 29.8 Å². The van der Waals surface area contributed by atoms with Crippen LogP contribution in [0.4, 0.5) is 5.69 Å². The second-order valence-corrected chi connectivity index (χ2v) is 5.79. The molecule has 0 saturated carbocycles. The zero-order valence-corrected chi connectivity index (χ0v) is 14.9. The highest BCUT2D eigenvalue weighted by Gasteiger charge is 2.04. The van der Waals surface area contributed by atoms with Crippen molar-refractivity contribution in [2.75, 3.05) is 51.6 Å². The van der Waals surface area contributed by atoms with Crippen molar-refractivity contribution < 1.29 is 4.79 Å². The van der Waals surface area contributed by atoms with Gasteiger partial charge in [-0.25, -0.2) is 0 Å². The average Bonchev–Trinajstić information content (AvgIpc) is 2.62. The molecule has 0 aliphatic rings. The number of nitrogens with one attached hydrogen (secondary N) is 4. The highest BCUT2D eigenvalue weighted by molar-refractivity contribution is 5.95. The number of nitrogens with two attached hydrogens (primary N) is 1. The lowest BCUT2D eigenvalue weighted by Gasteiger charge is -2.08. The predicted molar refractivity (Wildman–Crippen MR) is 102 cm³/mol. The Labute approximate surface area is 146 Å². The summed E-state index contributed by atoms with van der Waals surface area (Å²) in [6.45, 7) is 5.47. The predicted octanol–water partition coefficient (Wildman–Crippen LogP) is 1.16. The lowest BCUT2D eigenvalue weighted by atomic mass is 10.2. The van der Waals surface area contributed by atoms with E-state index in [1.165, 1.54) is 12.8 Å². The monoisotopic (exact) mass is 335 g/mol. The van der Waals surface area contributed by atoms with Gasteiger partial charge in [0.15, 0.2) is 0 Å². The van der Waals surface area contributed by atoms with Crippen LogP contribution in [0.5, 0.6) is 0 Å². The molecule has 0 radical (unpaired) electrons. The minimum absolute atomic E-state index is 0.0179. The summed E-state index contributed by atoms with van der Waals surface area (Å²) in [5.74, 6) is -0.0179. The SMILES string of the molecule is CNc1cccc(C(=O)NCCCNCCCCNCCCN)c1. The van der Waals surface area contributed by atoms with Crippen molar-refractivity contribution in [2.45, 2.75) is 25.7 Å². The molecule has 1 aromatic rings. The first-order valence-electron chi connectivity index (χ1n) is 8.95. The molecule has 0 fully saturated rings. The zero-order chi connectivity index (χ0) is 17.5.